The average Bonchev–Trinajstić information content (AvgIpc) is 2.45. The summed E-state index contributed by atoms with van der Waals surface area (Å²) in [5, 5.41) is 2.56. The smallest absolute Gasteiger partial charge is 0.252 e. The van der Waals surface area contributed by atoms with Crippen LogP contribution in [0.1, 0.15) is 15.9 Å². The van der Waals surface area contributed by atoms with Crippen LogP contribution in [0.15, 0.2) is 18.5 Å². The largest absolute Gasteiger partial charge is 0.351 e. The van der Waals surface area contributed by atoms with Crippen LogP contribution in [0, 0.1) is 11.8 Å². The lowest BCUT2D eigenvalue weighted by atomic mass is 10.1. The van der Waals surface area contributed by atoms with E-state index in [1.165, 1.54) is 32.6 Å². The molecule has 0 saturated heterocycles. The van der Waals surface area contributed by atoms with Gasteiger partial charge in [0.1, 0.15) is 0 Å². The van der Waals surface area contributed by atoms with Crippen LogP contribution in [0.5, 0.6) is 0 Å². The molecule has 1 amide bonds. The molecule has 0 radical (unpaired) electrons. The summed E-state index contributed by atoms with van der Waals surface area (Å²) in [6, 6.07) is 1.52. The zero-order chi connectivity index (χ0) is 15.9. The van der Waals surface area contributed by atoms with E-state index in [0.717, 1.165) is 4.31 Å². The summed E-state index contributed by atoms with van der Waals surface area (Å²) in [5.74, 6) is 4.84. The van der Waals surface area contributed by atoms with Gasteiger partial charge in [0, 0.05) is 33.0 Å². The van der Waals surface area contributed by atoms with E-state index in [1.54, 1.807) is 0 Å². The van der Waals surface area contributed by atoms with Crippen LogP contribution in [0.4, 0.5) is 0 Å². The normalized spacial score (nSPS) is 10.9. The first-order chi connectivity index (χ1) is 9.88. The number of carbonyl (C=O) groups excluding carboxylic acids is 1. The third-order valence-electron chi connectivity index (χ3n) is 2.59. The number of pyridine rings is 1. The van der Waals surface area contributed by atoms with Gasteiger partial charge in [-0.15, -0.1) is 0 Å². The van der Waals surface area contributed by atoms with Crippen molar-refractivity contribution in [2.45, 2.75) is 0 Å². The van der Waals surface area contributed by atoms with E-state index in [-0.39, 0.29) is 18.8 Å². The van der Waals surface area contributed by atoms with Gasteiger partial charge in [-0.1, -0.05) is 11.8 Å². The highest BCUT2D eigenvalue weighted by Crippen LogP contribution is 2.05. The molecular weight excluding hydrogens is 292 g/mol. The van der Waals surface area contributed by atoms with Crippen LogP contribution in [0.2, 0.25) is 0 Å². The Labute approximate surface area is 124 Å². The van der Waals surface area contributed by atoms with Crippen molar-refractivity contribution >= 4 is 15.9 Å². The number of nitrogens with two attached hydrogens (primary N) is 1. The van der Waals surface area contributed by atoms with Crippen molar-refractivity contribution in [3.8, 4) is 11.8 Å². The molecule has 3 N–H and O–H groups in total. The number of hydrogen-bond acceptors (Lipinski definition) is 5. The Morgan fingerprint density at radius 1 is 1.48 bits per heavy atom. The molecule has 0 aromatic carbocycles. The fourth-order valence-electron chi connectivity index (χ4n) is 1.41. The van der Waals surface area contributed by atoms with Gasteiger partial charge in [0.2, 0.25) is 10.0 Å². The van der Waals surface area contributed by atoms with E-state index in [2.05, 4.69) is 22.1 Å². The molecule has 0 unspecified atom stereocenters. The predicted octanol–water partition coefficient (Wildman–Crippen LogP) is -0.987. The molecule has 0 saturated carbocycles. The molecule has 114 valence electrons. The zero-order valence-corrected chi connectivity index (χ0v) is 12.8. The second-order valence-corrected chi connectivity index (χ2v) is 6.58. The van der Waals surface area contributed by atoms with Gasteiger partial charge in [0.05, 0.1) is 23.4 Å². The Morgan fingerprint density at radius 3 is 2.81 bits per heavy atom. The Hall–Kier alpha value is -1.95. The quantitative estimate of drug-likeness (QED) is 0.680. The van der Waals surface area contributed by atoms with Crippen molar-refractivity contribution in [1.29, 1.82) is 0 Å². The summed E-state index contributed by atoms with van der Waals surface area (Å²) in [6.07, 6.45) is 2.94. The molecule has 0 atom stereocenters. The first kappa shape index (κ1) is 17.1. The molecule has 1 heterocycles. The second-order valence-electron chi connectivity index (χ2n) is 4.28. The van der Waals surface area contributed by atoms with Gasteiger partial charge in [-0.2, -0.15) is 0 Å². The second kappa shape index (κ2) is 7.73. The van der Waals surface area contributed by atoms with Crippen molar-refractivity contribution in [3.05, 3.63) is 29.6 Å². The summed E-state index contributed by atoms with van der Waals surface area (Å²) in [6.45, 7) is 0.197. The monoisotopic (exact) mass is 310 g/mol. The molecule has 0 aliphatic carbocycles. The summed E-state index contributed by atoms with van der Waals surface area (Å²) in [4.78, 5) is 15.9. The van der Waals surface area contributed by atoms with Crippen LogP contribution >= 0.6 is 0 Å². The lowest BCUT2D eigenvalue weighted by molar-refractivity contribution is 0.0955. The Bertz CT molecular complexity index is 659. The lowest BCUT2D eigenvalue weighted by Gasteiger charge is -2.11. The van der Waals surface area contributed by atoms with E-state index in [0.29, 0.717) is 11.1 Å². The lowest BCUT2D eigenvalue weighted by Crippen LogP contribution is -2.34. The van der Waals surface area contributed by atoms with Gasteiger partial charge in [-0.25, -0.2) is 12.7 Å². The van der Waals surface area contributed by atoms with Crippen LogP contribution in [-0.4, -0.2) is 56.6 Å². The molecule has 0 fully saturated rings. The number of hydrogen-bond donors (Lipinski definition) is 2. The third kappa shape index (κ3) is 5.15. The maximum atomic E-state index is 12.0. The summed E-state index contributed by atoms with van der Waals surface area (Å²) in [7, 11) is -0.449. The van der Waals surface area contributed by atoms with Gasteiger partial charge in [-0.3, -0.25) is 9.78 Å². The van der Waals surface area contributed by atoms with E-state index < -0.39 is 15.9 Å². The topological polar surface area (TPSA) is 105 Å². The van der Waals surface area contributed by atoms with Crippen LogP contribution < -0.4 is 11.1 Å². The Balaban J connectivity index is 2.73. The number of aromatic nitrogens is 1. The number of nitrogens with zero attached hydrogens (tertiary/aromatic N) is 2. The van der Waals surface area contributed by atoms with E-state index in [4.69, 9.17) is 5.73 Å². The highest BCUT2D eigenvalue weighted by Gasteiger charge is 2.15. The standard InChI is InChI=1S/C13H18N4O3S/c1-17(2)21(19,20)9-8-16-13(18)12-5-7-15-10-11(12)4-3-6-14/h5,7,10H,6,8-9,14H2,1-2H3,(H,16,18). The third-order valence-corrected chi connectivity index (χ3v) is 4.43. The summed E-state index contributed by atoms with van der Waals surface area (Å²) in [5.41, 5.74) is 6.09. The SMILES string of the molecule is CN(C)S(=O)(=O)CCNC(=O)c1ccncc1C#CCN. The average molecular weight is 310 g/mol. The van der Waals surface area contributed by atoms with Crippen molar-refractivity contribution in [2.75, 3.05) is 32.9 Å². The number of nitrogens with one attached hydrogen (secondary N) is 1. The van der Waals surface area contributed by atoms with E-state index >= 15 is 0 Å². The number of sulfonamides is 1. The molecule has 8 heteroatoms. The van der Waals surface area contributed by atoms with Crippen LogP contribution in [0.3, 0.4) is 0 Å². The number of carbonyl (C=O) groups is 1. The number of amides is 1. The fraction of sp³-hybridized carbons (Fsp3) is 0.385. The highest BCUT2D eigenvalue weighted by molar-refractivity contribution is 7.89. The summed E-state index contributed by atoms with van der Waals surface area (Å²) >= 11 is 0. The van der Waals surface area contributed by atoms with Crippen molar-refractivity contribution in [1.82, 2.24) is 14.6 Å². The minimum Gasteiger partial charge on any atom is -0.351 e. The van der Waals surface area contributed by atoms with Crippen molar-refractivity contribution < 1.29 is 13.2 Å². The van der Waals surface area contributed by atoms with Gasteiger partial charge < -0.3 is 11.1 Å². The molecule has 7 nitrogen and oxygen atoms in total. The van der Waals surface area contributed by atoms with E-state index in [1.807, 2.05) is 0 Å². The predicted molar refractivity (Wildman–Crippen MR) is 80.0 cm³/mol. The molecule has 0 bridgehead atoms. The highest BCUT2D eigenvalue weighted by atomic mass is 32.2. The Kier molecular flexibility index (Phi) is 6.30. The zero-order valence-electron chi connectivity index (χ0n) is 12.0. The van der Waals surface area contributed by atoms with Crippen molar-refractivity contribution in [2.24, 2.45) is 5.73 Å². The van der Waals surface area contributed by atoms with Gasteiger partial charge in [-0.05, 0) is 6.07 Å². The van der Waals surface area contributed by atoms with Gasteiger partial charge in [0.15, 0.2) is 0 Å². The molecule has 21 heavy (non-hydrogen) atoms. The summed E-state index contributed by atoms with van der Waals surface area (Å²) < 4.78 is 24.3. The van der Waals surface area contributed by atoms with E-state index in [9.17, 15) is 13.2 Å². The van der Waals surface area contributed by atoms with Crippen molar-refractivity contribution in [3.63, 3.8) is 0 Å². The molecule has 1 rings (SSSR count). The molecule has 1 aromatic heterocycles. The molecule has 0 aliphatic heterocycles. The number of rotatable bonds is 5. The first-order valence-corrected chi connectivity index (χ1v) is 7.80. The van der Waals surface area contributed by atoms with Gasteiger partial charge in [0.25, 0.3) is 5.91 Å². The minimum absolute atomic E-state index is 0.0193. The Morgan fingerprint density at radius 2 is 2.19 bits per heavy atom. The molecule has 0 aliphatic rings. The minimum atomic E-state index is -3.34. The first-order valence-electron chi connectivity index (χ1n) is 6.20. The molecule has 0 spiro atoms. The van der Waals surface area contributed by atoms with Crippen LogP contribution in [-0.2, 0) is 10.0 Å². The van der Waals surface area contributed by atoms with Gasteiger partial charge >= 0.3 is 0 Å². The molecular formula is C13H18N4O3S. The van der Waals surface area contributed by atoms with Crippen LogP contribution in [0.25, 0.3) is 0 Å². The fourth-order valence-corrected chi connectivity index (χ4v) is 2.13. The maximum Gasteiger partial charge on any atom is 0.252 e. The maximum absolute atomic E-state index is 12.0. The molecule has 1 aromatic rings.